The van der Waals surface area contributed by atoms with Gasteiger partial charge in [-0.05, 0) is 55.3 Å². The van der Waals surface area contributed by atoms with Crippen LogP contribution in [-0.4, -0.2) is 29.8 Å². The Hall–Kier alpha value is -5.00. The molecule has 44 heavy (non-hydrogen) atoms. The van der Waals surface area contributed by atoms with Crippen molar-refractivity contribution in [1.29, 1.82) is 0 Å². The van der Waals surface area contributed by atoms with Gasteiger partial charge in [-0.1, -0.05) is 53.3 Å². The van der Waals surface area contributed by atoms with Gasteiger partial charge in [-0.3, -0.25) is 19.1 Å². The van der Waals surface area contributed by atoms with Crippen LogP contribution in [0.4, 0.5) is 10.1 Å². The fourth-order valence-corrected chi connectivity index (χ4v) is 6.75. The lowest BCUT2D eigenvalue weighted by Gasteiger charge is -2.13. The number of aromatic amines is 1. The first-order chi connectivity index (χ1) is 21.3. The zero-order chi connectivity index (χ0) is 30.5. The molecule has 7 aromatic rings. The SMILES string of the molecule is Cc1c2c(=O)n(-c3nc4ccccc4s3)n(CC(=O)Nc3ccc(F)c(Cl)c3)c2cc(=O)n1CCc1c[nH]c2ccccc12. The summed E-state index contributed by atoms with van der Waals surface area (Å²) in [6.45, 7) is 1.79. The monoisotopic (exact) mass is 626 g/mol. The predicted molar refractivity (Wildman–Crippen MR) is 172 cm³/mol. The molecule has 4 heterocycles. The maximum Gasteiger partial charge on any atom is 0.283 e. The van der Waals surface area contributed by atoms with Crippen LogP contribution in [0.2, 0.25) is 5.02 Å². The van der Waals surface area contributed by atoms with Gasteiger partial charge < -0.3 is 14.9 Å². The van der Waals surface area contributed by atoms with Crippen LogP contribution in [0, 0.1) is 12.7 Å². The lowest BCUT2D eigenvalue weighted by Crippen LogP contribution is -2.27. The van der Waals surface area contributed by atoms with Crippen LogP contribution in [0.1, 0.15) is 11.3 Å². The van der Waals surface area contributed by atoms with Crippen LogP contribution >= 0.6 is 22.9 Å². The van der Waals surface area contributed by atoms with Gasteiger partial charge in [0, 0.05) is 41.1 Å². The second kappa shape index (κ2) is 10.9. The predicted octanol–water partition coefficient (Wildman–Crippen LogP) is 6.03. The van der Waals surface area contributed by atoms with Gasteiger partial charge >= 0.3 is 0 Å². The number of anilines is 1. The second-order valence-electron chi connectivity index (χ2n) is 10.4. The number of hydrogen-bond donors (Lipinski definition) is 2. The third-order valence-corrected chi connectivity index (χ3v) is 9.02. The van der Waals surface area contributed by atoms with Crippen molar-refractivity contribution in [2.75, 3.05) is 5.32 Å². The highest BCUT2D eigenvalue weighted by atomic mass is 35.5. The molecule has 9 nitrogen and oxygen atoms in total. The molecule has 0 bridgehead atoms. The standard InChI is InChI=1S/C32H24ClFN6O3S/c1-18-30-26(15-29(42)38(18)13-12-19-16-35-24-7-3-2-6-21(19)24)39(17-28(41)36-20-10-11-23(34)22(33)14-20)40(31(30)43)32-37-25-8-4-5-9-27(25)44-32/h2-11,14-16,35H,12-13,17H2,1H3,(H,36,41). The fraction of sp³-hybridized carbons (Fsp3) is 0.125. The van der Waals surface area contributed by atoms with Crippen molar-refractivity contribution < 1.29 is 9.18 Å². The summed E-state index contributed by atoms with van der Waals surface area (Å²) in [5.41, 5.74) is 3.20. The molecule has 2 N–H and O–H groups in total. The average Bonchev–Trinajstić information content (AvgIpc) is 3.69. The molecular weight excluding hydrogens is 603 g/mol. The van der Waals surface area contributed by atoms with Gasteiger partial charge in [0.1, 0.15) is 12.4 Å². The van der Waals surface area contributed by atoms with Gasteiger partial charge in [0.05, 0.1) is 26.1 Å². The molecular formula is C32H24ClFN6O3S. The van der Waals surface area contributed by atoms with Crippen molar-refractivity contribution in [3.63, 3.8) is 0 Å². The zero-order valence-electron chi connectivity index (χ0n) is 23.3. The molecule has 4 aromatic heterocycles. The van der Waals surface area contributed by atoms with E-state index in [9.17, 15) is 18.8 Å². The third-order valence-electron chi connectivity index (χ3n) is 7.71. The summed E-state index contributed by atoms with van der Waals surface area (Å²) in [5, 5.41) is 4.33. The Bertz CT molecular complexity index is 2330. The lowest BCUT2D eigenvalue weighted by atomic mass is 10.1. The Labute approximate surface area is 257 Å². The summed E-state index contributed by atoms with van der Waals surface area (Å²) in [7, 11) is 0. The average molecular weight is 627 g/mol. The molecule has 0 saturated carbocycles. The number of hydrogen-bond acceptors (Lipinski definition) is 5. The van der Waals surface area contributed by atoms with E-state index in [0.717, 1.165) is 27.2 Å². The minimum absolute atomic E-state index is 0.135. The molecule has 0 atom stereocenters. The summed E-state index contributed by atoms with van der Waals surface area (Å²) in [4.78, 5) is 48.9. The number of para-hydroxylation sites is 2. The number of thiazole rings is 1. The van der Waals surface area contributed by atoms with Gasteiger partial charge in [0.2, 0.25) is 11.0 Å². The first kappa shape index (κ1) is 27.8. The quantitative estimate of drug-likeness (QED) is 0.225. The fourth-order valence-electron chi connectivity index (χ4n) is 5.60. The van der Waals surface area contributed by atoms with E-state index in [-0.39, 0.29) is 17.1 Å². The normalized spacial score (nSPS) is 11.6. The summed E-state index contributed by atoms with van der Waals surface area (Å²) in [5.74, 6) is -1.11. The largest absolute Gasteiger partial charge is 0.361 e. The van der Waals surface area contributed by atoms with Crippen molar-refractivity contribution >= 4 is 66.6 Å². The van der Waals surface area contributed by atoms with Crippen LogP contribution in [0.25, 0.3) is 37.2 Å². The number of aromatic nitrogens is 5. The summed E-state index contributed by atoms with van der Waals surface area (Å²) in [6.07, 6.45) is 2.51. The first-order valence-electron chi connectivity index (χ1n) is 13.8. The second-order valence-corrected chi connectivity index (χ2v) is 11.8. The molecule has 0 saturated heterocycles. The van der Waals surface area contributed by atoms with Crippen LogP contribution in [0.15, 0.2) is 88.6 Å². The highest BCUT2D eigenvalue weighted by Gasteiger charge is 2.23. The number of fused-ring (bicyclic) bond motifs is 3. The number of carbonyl (C=O) groups excluding carboxylic acids is 1. The maximum absolute atomic E-state index is 14.1. The molecule has 12 heteroatoms. The molecule has 1 amide bonds. The van der Waals surface area contributed by atoms with Gasteiger partial charge in [0.25, 0.3) is 11.1 Å². The van der Waals surface area contributed by atoms with Gasteiger partial charge in [-0.25, -0.2) is 9.37 Å². The molecule has 0 unspecified atom stereocenters. The maximum atomic E-state index is 14.1. The number of benzene rings is 3. The van der Waals surface area contributed by atoms with Crippen LogP contribution in [0.5, 0.6) is 0 Å². The number of carbonyl (C=O) groups is 1. The third kappa shape index (κ3) is 4.80. The molecule has 0 spiro atoms. The number of pyridine rings is 1. The molecule has 3 aromatic carbocycles. The highest BCUT2D eigenvalue weighted by Crippen LogP contribution is 2.27. The Morgan fingerprint density at radius 3 is 2.68 bits per heavy atom. The summed E-state index contributed by atoms with van der Waals surface area (Å²) < 4.78 is 19.0. The van der Waals surface area contributed by atoms with E-state index in [1.54, 1.807) is 11.5 Å². The zero-order valence-corrected chi connectivity index (χ0v) is 24.9. The van der Waals surface area contributed by atoms with Crippen molar-refractivity contribution in [2.45, 2.75) is 26.4 Å². The van der Waals surface area contributed by atoms with E-state index in [4.69, 9.17) is 11.6 Å². The number of nitrogens with one attached hydrogen (secondary N) is 2. The van der Waals surface area contributed by atoms with Crippen molar-refractivity contribution in [2.24, 2.45) is 0 Å². The van der Waals surface area contributed by atoms with E-state index >= 15 is 0 Å². The Kier molecular flexibility index (Phi) is 6.91. The number of H-pyrrole nitrogens is 1. The number of halogens is 2. The van der Waals surface area contributed by atoms with Crippen molar-refractivity contribution in [1.82, 2.24) is 23.9 Å². The van der Waals surface area contributed by atoms with Crippen LogP contribution in [-0.2, 0) is 24.3 Å². The summed E-state index contributed by atoms with van der Waals surface area (Å²) in [6, 6.07) is 20.7. The Morgan fingerprint density at radius 2 is 1.86 bits per heavy atom. The van der Waals surface area contributed by atoms with E-state index in [2.05, 4.69) is 15.3 Å². The summed E-state index contributed by atoms with van der Waals surface area (Å²) >= 11 is 7.20. The van der Waals surface area contributed by atoms with Gasteiger partial charge in [-0.15, -0.1) is 0 Å². The van der Waals surface area contributed by atoms with Gasteiger partial charge in [-0.2, -0.15) is 4.68 Å². The molecule has 0 aliphatic heterocycles. The molecule has 220 valence electrons. The van der Waals surface area contributed by atoms with E-state index in [1.807, 2.05) is 54.7 Å². The van der Waals surface area contributed by atoms with Crippen LogP contribution < -0.4 is 16.4 Å². The smallest absolute Gasteiger partial charge is 0.283 e. The first-order valence-corrected chi connectivity index (χ1v) is 15.0. The lowest BCUT2D eigenvalue weighted by molar-refractivity contribution is -0.116. The Balaban J connectivity index is 1.33. The number of nitrogens with zero attached hydrogens (tertiary/aromatic N) is 4. The number of aryl methyl sites for hydroxylation is 2. The number of amides is 1. The minimum atomic E-state index is -0.609. The van der Waals surface area contributed by atoms with Crippen LogP contribution in [0.3, 0.4) is 0 Å². The topological polar surface area (TPSA) is 107 Å². The van der Waals surface area contributed by atoms with Crippen molar-refractivity contribution in [3.05, 3.63) is 122 Å². The molecule has 0 aliphatic carbocycles. The molecule has 0 fully saturated rings. The van der Waals surface area contributed by atoms with E-state index in [0.29, 0.717) is 45.9 Å². The Morgan fingerprint density at radius 1 is 1.07 bits per heavy atom. The van der Waals surface area contributed by atoms with E-state index in [1.165, 1.54) is 38.9 Å². The van der Waals surface area contributed by atoms with Gasteiger partial charge in [0.15, 0.2) is 0 Å². The molecule has 0 aliphatic rings. The highest BCUT2D eigenvalue weighted by molar-refractivity contribution is 7.20. The van der Waals surface area contributed by atoms with Crippen molar-refractivity contribution in [3.8, 4) is 5.13 Å². The number of rotatable bonds is 7. The van der Waals surface area contributed by atoms with E-state index < -0.39 is 17.3 Å². The minimum Gasteiger partial charge on any atom is -0.361 e. The molecule has 7 rings (SSSR count). The molecule has 0 radical (unpaired) electrons.